The lowest BCUT2D eigenvalue weighted by Gasteiger charge is -2.17. The lowest BCUT2D eigenvalue weighted by atomic mass is 10.2. The Labute approximate surface area is 141 Å². The molecule has 3 aromatic rings. The van der Waals surface area contributed by atoms with Gasteiger partial charge in [-0.15, -0.1) is 11.3 Å². The molecule has 0 aliphatic rings. The van der Waals surface area contributed by atoms with Gasteiger partial charge in [-0.3, -0.25) is 0 Å². The molecule has 0 spiro atoms. The second kappa shape index (κ2) is 6.42. The molecule has 3 heterocycles. The summed E-state index contributed by atoms with van der Waals surface area (Å²) in [5.41, 5.74) is 6.36. The van der Waals surface area contributed by atoms with E-state index in [0.717, 1.165) is 34.5 Å². The van der Waals surface area contributed by atoms with E-state index in [1.807, 2.05) is 6.92 Å². The molecule has 0 saturated carbocycles. The average Bonchev–Trinajstić information content (AvgIpc) is 3.08. The predicted octanol–water partition coefficient (Wildman–Crippen LogP) is 4.68. The molecule has 0 amide bonds. The highest BCUT2D eigenvalue weighted by Gasteiger charge is 2.19. The number of nitrogens with zero attached hydrogens (tertiary/aromatic N) is 3. The molecule has 0 N–H and O–H groups in total. The maximum absolute atomic E-state index is 5.37. The smallest absolute Gasteiger partial charge is 0.159 e. The van der Waals surface area contributed by atoms with Crippen LogP contribution in [0.1, 0.15) is 36.2 Å². The number of fused-ring (bicyclic) bond motifs is 1. The third kappa shape index (κ3) is 2.79. The van der Waals surface area contributed by atoms with Crippen molar-refractivity contribution in [1.82, 2.24) is 14.5 Å². The first-order chi connectivity index (χ1) is 11.1. The third-order valence-electron chi connectivity index (χ3n) is 4.30. The van der Waals surface area contributed by atoms with E-state index in [9.17, 15) is 0 Å². The number of aromatic nitrogens is 3. The van der Waals surface area contributed by atoms with Gasteiger partial charge >= 0.3 is 0 Å². The second-order valence-electron chi connectivity index (χ2n) is 6.00. The molecule has 0 bridgehead atoms. The molecule has 0 aliphatic carbocycles. The molecule has 0 aromatic carbocycles. The second-order valence-corrected chi connectivity index (χ2v) is 6.92. The maximum atomic E-state index is 5.37. The Bertz CT molecular complexity index is 834. The van der Waals surface area contributed by atoms with Gasteiger partial charge in [-0.05, 0) is 49.8 Å². The molecule has 4 nitrogen and oxygen atoms in total. The minimum Gasteiger partial charge on any atom is -0.383 e. The van der Waals surface area contributed by atoms with Crippen LogP contribution in [0.5, 0.6) is 0 Å². The summed E-state index contributed by atoms with van der Waals surface area (Å²) in [5.74, 6) is 0. The van der Waals surface area contributed by atoms with E-state index in [0.29, 0.717) is 12.6 Å². The van der Waals surface area contributed by atoms with Crippen molar-refractivity contribution in [1.29, 1.82) is 0 Å². The van der Waals surface area contributed by atoms with Crippen LogP contribution >= 0.6 is 11.3 Å². The van der Waals surface area contributed by atoms with Crippen molar-refractivity contribution in [2.45, 2.75) is 40.2 Å². The zero-order chi connectivity index (χ0) is 16.6. The summed E-state index contributed by atoms with van der Waals surface area (Å²) < 4.78 is 7.59. The topological polar surface area (TPSA) is 39.9 Å². The molecule has 0 saturated heterocycles. The van der Waals surface area contributed by atoms with Crippen molar-refractivity contribution in [3.05, 3.63) is 34.5 Å². The van der Waals surface area contributed by atoms with Crippen LogP contribution in [0.4, 0.5) is 0 Å². The number of methoxy groups -OCH3 is 1. The van der Waals surface area contributed by atoms with Crippen molar-refractivity contribution in [2.24, 2.45) is 0 Å². The van der Waals surface area contributed by atoms with E-state index in [2.05, 4.69) is 43.0 Å². The van der Waals surface area contributed by atoms with Crippen molar-refractivity contribution >= 4 is 22.5 Å². The van der Waals surface area contributed by atoms with Gasteiger partial charge in [0.05, 0.1) is 23.2 Å². The Balaban J connectivity index is 2.19. The van der Waals surface area contributed by atoms with Crippen LogP contribution in [0.15, 0.2) is 17.6 Å². The van der Waals surface area contributed by atoms with Gasteiger partial charge in [0, 0.05) is 13.3 Å². The minimum atomic E-state index is 0.291. The molecule has 5 heteroatoms. The van der Waals surface area contributed by atoms with Crippen LogP contribution < -0.4 is 0 Å². The Hall–Kier alpha value is -1.72. The highest BCUT2D eigenvalue weighted by molar-refractivity contribution is 7.13. The molecule has 23 heavy (non-hydrogen) atoms. The van der Waals surface area contributed by atoms with Crippen molar-refractivity contribution in [3.63, 3.8) is 0 Å². The molecular formula is C18H23N3OS. The Morgan fingerprint density at radius 3 is 2.61 bits per heavy atom. The first-order valence-electron chi connectivity index (χ1n) is 7.96. The van der Waals surface area contributed by atoms with Gasteiger partial charge in [0.2, 0.25) is 0 Å². The van der Waals surface area contributed by atoms with E-state index in [4.69, 9.17) is 14.7 Å². The fraction of sp³-hybridized carbons (Fsp3) is 0.444. The van der Waals surface area contributed by atoms with Crippen molar-refractivity contribution in [3.8, 4) is 10.6 Å². The van der Waals surface area contributed by atoms with Gasteiger partial charge in [0.1, 0.15) is 11.2 Å². The number of hydrogen-bond acceptors (Lipinski definition) is 4. The Kier molecular flexibility index (Phi) is 4.50. The van der Waals surface area contributed by atoms with Crippen molar-refractivity contribution < 1.29 is 4.74 Å². The van der Waals surface area contributed by atoms with Gasteiger partial charge < -0.3 is 9.30 Å². The maximum Gasteiger partial charge on any atom is 0.159 e. The lowest BCUT2D eigenvalue weighted by Crippen LogP contribution is -2.13. The summed E-state index contributed by atoms with van der Waals surface area (Å²) in [4.78, 5) is 11.1. The number of ether oxygens (including phenoxy) is 1. The number of aryl methyl sites for hydroxylation is 3. The molecule has 1 unspecified atom stereocenters. The molecule has 122 valence electrons. The first-order valence-corrected chi connectivity index (χ1v) is 8.84. The highest BCUT2D eigenvalue weighted by atomic mass is 32.1. The standard InChI is InChI=1S/C18H23N3OS/c1-6-14(10-22-5)21-9-12(3)15-18(21)19-13(4)16(20-15)17-11(2)7-8-23-17/h7-9,14H,6,10H2,1-5H3. The summed E-state index contributed by atoms with van der Waals surface area (Å²) in [5, 5.41) is 2.11. The van der Waals surface area contributed by atoms with Crippen molar-refractivity contribution in [2.75, 3.05) is 13.7 Å². The SMILES string of the molecule is CCC(COC)n1cc(C)c2nc(-c3sccc3C)c(C)nc21. The largest absolute Gasteiger partial charge is 0.383 e. The zero-order valence-electron chi connectivity index (χ0n) is 14.4. The Morgan fingerprint density at radius 1 is 1.22 bits per heavy atom. The zero-order valence-corrected chi connectivity index (χ0v) is 15.2. The van der Waals surface area contributed by atoms with E-state index >= 15 is 0 Å². The quantitative estimate of drug-likeness (QED) is 0.682. The number of hydrogen-bond donors (Lipinski definition) is 0. The van der Waals surface area contributed by atoms with E-state index in [-0.39, 0.29) is 0 Å². The van der Waals surface area contributed by atoms with E-state index in [1.165, 1.54) is 10.4 Å². The van der Waals surface area contributed by atoms with Gasteiger partial charge in [-0.1, -0.05) is 6.92 Å². The summed E-state index contributed by atoms with van der Waals surface area (Å²) in [6, 6.07) is 2.42. The molecule has 3 aromatic heterocycles. The third-order valence-corrected chi connectivity index (χ3v) is 5.33. The summed E-state index contributed by atoms with van der Waals surface area (Å²) in [7, 11) is 1.75. The minimum absolute atomic E-state index is 0.291. The summed E-state index contributed by atoms with van der Waals surface area (Å²) >= 11 is 1.73. The van der Waals surface area contributed by atoms with Gasteiger partial charge in [0.25, 0.3) is 0 Å². The fourth-order valence-electron chi connectivity index (χ4n) is 2.98. The molecule has 1 atom stereocenters. The number of rotatable bonds is 5. The van der Waals surface area contributed by atoms with Crippen LogP contribution in [0, 0.1) is 20.8 Å². The van der Waals surface area contributed by atoms with Gasteiger partial charge in [-0.2, -0.15) is 0 Å². The molecule has 0 fully saturated rings. The fourth-order valence-corrected chi connectivity index (χ4v) is 3.95. The molecule has 3 rings (SSSR count). The molecular weight excluding hydrogens is 306 g/mol. The monoisotopic (exact) mass is 329 g/mol. The normalized spacial score (nSPS) is 12.9. The van der Waals surface area contributed by atoms with E-state index < -0.39 is 0 Å². The van der Waals surface area contributed by atoms with Gasteiger partial charge in [0.15, 0.2) is 5.65 Å². The average molecular weight is 329 g/mol. The highest BCUT2D eigenvalue weighted by Crippen LogP contribution is 2.32. The first kappa shape index (κ1) is 16.1. The van der Waals surface area contributed by atoms with Crippen LogP contribution in [0.25, 0.3) is 21.7 Å². The van der Waals surface area contributed by atoms with E-state index in [1.54, 1.807) is 18.4 Å². The molecule has 0 aliphatic heterocycles. The van der Waals surface area contributed by atoms with Crippen LogP contribution in [-0.2, 0) is 4.74 Å². The predicted molar refractivity (Wildman–Crippen MR) is 96.3 cm³/mol. The number of thiophene rings is 1. The summed E-state index contributed by atoms with van der Waals surface area (Å²) in [6.07, 6.45) is 3.16. The molecule has 0 radical (unpaired) electrons. The van der Waals surface area contributed by atoms with Crippen LogP contribution in [0.2, 0.25) is 0 Å². The lowest BCUT2D eigenvalue weighted by molar-refractivity contribution is 0.154. The van der Waals surface area contributed by atoms with Gasteiger partial charge in [-0.25, -0.2) is 9.97 Å². The summed E-state index contributed by atoms with van der Waals surface area (Å²) in [6.45, 7) is 9.14. The Morgan fingerprint density at radius 2 is 2.00 bits per heavy atom. The van der Waals surface area contributed by atoms with Crippen LogP contribution in [0.3, 0.4) is 0 Å². The van der Waals surface area contributed by atoms with Crippen LogP contribution in [-0.4, -0.2) is 28.3 Å².